The Morgan fingerprint density at radius 2 is 1.95 bits per heavy atom. The predicted molar refractivity (Wildman–Crippen MR) is 85.5 cm³/mol. The molecular weight excluding hydrogens is 268 g/mol. The van der Waals surface area contributed by atoms with E-state index >= 15 is 0 Å². The lowest BCUT2D eigenvalue weighted by Crippen LogP contribution is -2.47. The fraction of sp³-hybridized carbons (Fsp3) is 0.800. The third-order valence-electron chi connectivity index (χ3n) is 3.98. The molecule has 2 heterocycles. The van der Waals surface area contributed by atoms with Crippen LogP contribution in [0.1, 0.15) is 38.5 Å². The summed E-state index contributed by atoms with van der Waals surface area (Å²) in [6.45, 7) is 12.2. The van der Waals surface area contributed by atoms with Crippen LogP contribution in [0, 0.1) is 0 Å². The first-order chi connectivity index (χ1) is 9.51. The van der Waals surface area contributed by atoms with Crippen LogP contribution in [0.2, 0.25) is 0 Å². The number of thiazole rings is 1. The maximum absolute atomic E-state index is 4.61. The zero-order valence-electron chi connectivity index (χ0n) is 12.9. The number of anilines is 1. The molecule has 0 unspecified atom stereocenters. The van der Waals surface area contributed by atoms with Gasteiger partial charge in [-0.15, -0.1) is 11.3 Å². The van der Waals surface area contributed by atoms with Crippen LogP contribution in [0.4, 0.5) is 5.13 Å². The van der Waals surface area contributed by atoms with Gasteiger partial charge in [0.15, 0.2) is 5.13 Å². The molecule has 5 heteroatoms. The van der Waals surface area contributed by atoms with Gasteiger partial charge in [0.25, 0.3) is 0 Å². The number of hydrogen-bond acceptors (Lipinski definition) is 5. The van der Waals surface area contributed by atoms with Crippen LogP contribution in [0.25, 0.3) is 0 Å². The lowest BCUT2D eigenvalue weighted by molar-refractivity contribution is 0.248. The van der Waals surface area contributed by atoms with E-state index < -0.39 is 0 Å². The van der Waals surface area contributed by atoms with Gasteiger partial charge < -0.3 is 10.2 Å². The van der Waals surface area contributed by atoms with E-state index in [9.17, 15) is 0 Å². The molecule has 1 aliphatic carbocycles. The quantitative estimate of drug-likeness (QED) is 0.923. The van der Waals surface area contributed by atoms with Crippen molar-refractivity contribution in [3.05, 3.63) is 11.1 Å². The monoisotopic (exact) mass is 294 g/mol. The number of nitrogens with zero attached hydrogens (tertiary/aromatic N) is 3. The maximum atomic E-state index is 4.61. The number of aromatic nitrogens is 1. The highest BCUT2D eigenvalue weighted by atomic mass is 32.1. The topological polar surface area (TPSA) is 31.4 Å². The van der Waals surface area contributed by atoms with E-state index in [4.69, 9.17) is 0 Å². The highest BCUT2D eigenvalue weighted by Crippen LogP contribution is 2.29. The lowest BCUT2D eigenvalue weighted by atomic mass is 10.1. The Bertz CT molecular complexity index is 439. The van der Waals surface area contributed by atoms with E-state index in [2.05, 4.69) is 40.9 Å². The zero-order valence-corrected chi connectivity index (χ0v) is 13.7. The standard InChI is InChI=1S/C15H26N4S/c1-15(2,3)17-11-13-10-16-14(20-13)19-8-6-18(7-9-19)12-4-5-12/h10,12,17H,4-9,11H2,1-3H3. The van der Waals surface area contributed by atoms with E-state index in [0.29, 0.717) is 0 Å². The van der Waals surface area contributed by atoms with Crippen molar-refractivity contribution in [2.75, 3.05) is 31.1 Å². The number of rotatable bonds is 4. The molecule has 0 radical (unpaired) electrons. The van der Waals surface area contributed by atoms with Gasteiger partial charge in [0.2, 0.25) is 0 Å². The molecule has 0 bridgehead atoms. The Hall–Kier alpha value is -0.650. The summed E-state index contributed by atoms with van der Waals surface area (Å²) in [5.41, 5.74) is 0.167. The first-order valence-corrected chi connectivity index (χ1v) is 8.52. The van der Waals surface area contributed by atoms with Crippen molar-refractivity contribution >= 4 is 16.5 Å². The van der Waals surface area contributed by atoms with Crippen molar-refractivity contribution in [3.8, 4) is 0 Å². The summed E-state index contributed by atoms with van der Waals surface area (Å²) in [5, 5.41) is 4.73. The Labute approximate surface area is 126 Å². The van der Waals surface area contributed by atoms with Gasteiger partial charge in [0.1, 0.15) is 0 Å². The van der Waals surface area contributed by atoms with Gasteiger partial charge >= 0.3 is 0 Å². The van der Waals surface area contributed by atoms with Gasteiger partial charge in [0.05, 0.1) is 0 Å². The van der Waals surface area contributed by atoms with Crippen LogP contribution in [-0.2, 0) is 6.54 Å². The van der Waals surface area contributed by atoms with E-state index in [1.54, 1.807) is 0 Å². The van der Waals surface area contributed by atoms with E-state index in [-0.39, 0.29) is 5.54 Å². The summed E-state index contributed by atoms with van der Waals surface area (Å²) in [7, 11) is 0. The SMILES string of the molecule is CC(C)(C)NCc1cnc(N2CCN(C3CC3)CC2)s1. The van der Waals surface area contributed by atoms with Crippen molar-refractivity contribution in [2.45, 2.75) is 51.7 Å². The summed E-state index contributed by atoms with van der Waals surface area (Å²) in [6, 6.07) is 0.903. The Morgan fingerprint density at radius 3 is 2.55 bits per heavy atom. The second-order valence-electron chi connectivity index (χ2n) is 6.97. The van der Waals surface area contributed by atoms with Crippen molar-refractivity contribution in [1.82, 2.24) is 15.2 Å². The molecule has 1 saturated heterocycles. The largest absolute Gasteiger partial charge is 0.346 e. The van der Waals surface area contributed by atoms with Gasteiger partial charge in [-0.1, -0.05) is 0 Å². The van der Waals surface area contributed by atoms with Crippen LogP contribution in [-0.4, -0.2) is 47.6 Å². The predicted octanol–water partition coefficient (Wildman–Crippen LogP) is 2.32. The molecule has 20 heavy (non-hydrogen) atoms. The number of piperazine rings is 1. The molecular formula is C15H26N4S. The Balaban J connectivity index is 1.51. The minimum absolute atomic E-state index is 0.167. The van der Waals surface area contributed by atoms with E-state index in [0.717, 1.165) is 25.7 Å². The molecule has 0 aromatic carbocycles. The van der Waals surface area contributed by atoms with Gasteiger partial charge in [0, 0.05) is 55.4 Å². The second-order valence-corrected chi connectivity index (χ2v) is 8.06. The van der Waals surface area contributed by atoms with Crippen molar-refractivity contribution in [1.29, 1.82) is 0 Å². The molecule has 112 valence electrons. The first-order valence-electron chi connectivity index (χ1n) is 7.70. The first kappa shape index (κ1) is 14.3. The molecule has 1 aromatic rings. The zero-order chi connectivity index (χ0) is 14.2. The maximum Gasteiger partial charge on any atom is 0.185 e. The molecule has 2 fully saturated rings. The van der Waals surface area contributed by atoms with Gasteiger partial charge in [-0.05, 0) is 33.6 Å². The van der Waals surface area contributed by atoms with Crippen LogP contribution in [0.5, 0.6) is 0 Å². The minimum atomic E-state index is 0.167. The third kappa shape index (κ3) is 3.71. The molecule has 0 spiro atoms. The molecule has 1 aromatic heterocycles. The fourth-order valence-electron chi connectivity index (χ4n) is 2.60. The summed E-state index contributed by atoms with van der Waals surface area (Å²) >= 11 is 1.84. The van der Waals surface area contributed by atoms with Crippen LogP contribution in [0.3, 0.4) is 0 Å². The molecule has 0 atom stereocenters. The molecule has 1 saturated carbocycles. The minimum Gasteiger partial charge on any atom is -0.346 e. The number of nitrogens with one attached hydrogen (secondary N) is 1. The van der Waals surface area contributed by atoms with Crippen molar-refractivity contribution in [3.63, 3.8) is 0 Å². The third-order valence-corrected chi connectivity index (χ3v) is 5.04. The normalized spacial score (nSPS) is 21.4. The lowest BCUT2D eigenvalue weighted by Gasteiger charge is -2.34. The molecule has 0 amide bonds. The van der Waals surface area contributed by atoms with E-state index in [1.807, 2.05) is 17.5 Å². The smallest absolute Gasteiger partial charge is 0.185 e. The van der Waals surface area contributed by atoms with Crippen molar-refractivity contribution in [2.24, 2.45) is 0 Å². The molecule has 1 aliphatic heterocycles. The van der Waals surface area contributed by atoms with Crippen LogP contribution in [0.15, 0.2) is 6.20 Å². The average molecular weight is 294 g/mol. The van der Waals surface area contributed by atoms with E-state index in [1.165, 1.54) is 35.9 Å². The summed E-state index contributed by atoms with van der Waals surface area (Å²) in [6.07, 6.45) is 4.87. The Kier molecular flexibility index (Phi) is 4.02. The van der Waals surface area contributed by atoms with Crippen molar-refractivity contribution < 1.29 is 0 Å². The molecule has 1 N–H and O–H groups in total. The Morgan fingerprint density at radius 1 is 1.25 bits per heavy atom. The fourth-order valence-corrected chi connectivity index (χ4v) is 3.50. The summed E-state index contributed by atoms with van der Waals surface area (Å²) < 4.78 is 0. The molecule has 2 aliphatic rings. The van der Waals surface area contributed by atoms with Gasteiger partial charge in [-0.25, -0.2) is 4.98 Å². The van der Waals surface area contributed by atoms with Crippen LogP contribution < -0.4 is 10.2 Å². The van der Waals surface area contributed by atoms with Gasteiger partial charge in [-0.2, -0.15) is 0 Å². The highest BCUT2D eigenvalue weighted by Gasteiger charge is 2.31. The summed E-state index contributed by atoms with van der Waals surface area (Å²) in [5.74, 6) is 0. The average Bonchev–Trinajstić information content (AvgIpc) is 3.15. The van der Waals surface area contributed by atoms with Gasteiger partial charge in [-0.3, -0.25) is 4.90 Å². The molecule has 4 nitrogen and oxygen atoms in total. The van der Waals surface area contributed by atoms with Crippen LogP contribution >= 0.6 is 11.3 Å². The number of hydrogen-bond donors (Lipinski definition) is 1. The molecule has 3 rings (SSSR count). The second kappa shape index (κ2) is 5.62. The summed E-state index contributed by atoms with van der Waals surface area (Å²) in [4.78, 5) is 11.0. The highest BCUT2D eigenvalue weighted by molar-refractivity contribution is 7.15.